The maximum atomic E-state index is 13.0. The second-order valence-electron chi connectivity index (χ2n) is 12.2. The van der Waals surface area contributed by atoms with E-state index in [9.17, 15) is 14.4 Å². The third-order valence-electron chi connectivity index (χ3n) is 8.88. The number of benzene rings is 4. The van der Waals surface area contributed by atoms with Crippen molar-refractivity contribution in [2.75, 3.05) is 39.7 Å². The summed E-state index contributed by atoms with van der Waals surface area (Å²) in [6, 6.07) is 25.5. The van der Waals surface area contributed by atoms with Crippen LogP contribution in [0.25, 0.3) is 12.2 Å². The van der Waals surface area contributed by atoms with Gasteiger partial charge in [0.25, 0.3) is 17.7 Å². The van der Waals surface area contributed by atoms with Gasteiger partial charge in [-0.2, -0.15) is 0 Å². The molecule has 0 bridgehead atoms. The summed E-state index contributed by atoms with van der Waals surface area (Å²) in [6.07, 6.45) is 6.85. The van der Waals surface area contributed by atoms with Gasteiger partial charge in [0.15, 0.2) is 11.5 Å². The van der Waals surface area contributed by atoms with Gasteiger partial charge < -0.3 is 30.2 Å². The predicted molar refractivity (Wildman–Crippen MR) is 193 cm³/mol. The topological polar surface area (TPSA) is 118 Å². The molecule has 1 unspecified atom stereocenters. The van der Waals surface area contributed by atoms with E-state index in [2.05, 4.69) is 33.0 Å². The van der Waals surface area contributed by atoms with Crippen LogP contribution in [0.15, 0.2) is 96.7 Å². The lowest BCUT2D eigenvalue weighted by atomic mass is 9.98. The predicted octanol–water partition coefficient (Wildman–Crippen LogP) is 5.23. The molecule has 3 amide bonds. The van der Waals surface area contributed by atoms with Gasteiger partial charge in [0.05, 0.1) is 21.3 Å². The van der Waals surface area contributed by atoms with Gasteiger partial charge in [0.1, 0.15) is 17.5 Å². The molecule has 6 rings (SSSR count). The molecule has 10 nitrogen and oxygen atoms in total. The molecule has 10 heteroatoms. The molecule has 0 saturated carbocycles. The first-order valence-electron chi connectivity index (χ1n) is 16.4. The van der Waals surface area contributed by atoms with Crippen molar-refractivity contribution in [1.29, 1.82) is 0 Å². The van der Waals surface area contributed by atoms with Gasteiger partial charge in [-0.1, -0.05) is 48.6 Å². The number of hydrogen-bond donors (Lipinski definition) is 3. The lowest BCUT2D eigenvalue weighted by molar-refractivity contribution is -0.129. The number of nitrogens with zero attached hydrogens (tertiary/aromatic N) is 1. The first kappa shape index (κ1) is 34.0. The average molecular weight is 673 g/mol. The van der Waals surface area contributed by atoms with E-state index in [1.54, 1.807) is 63.8 Å². The number of piperazine rings is 1. The minimum Gasteiger partial charge on any atom is -0.497 e. The zero-order chi connectivity index (χ0) is 35.0. The Bertz CT molecular complexity index is 1920. The third-order valence-corrected chi connectivity index (χ3v) is 8.88. The summed E-state index contributed by atoms with van der Waals surface area (Å²) in [5.74, 6) is 1.27. The highest BCUT2D eigenvalue weighted by atomic mass is 16.5. The molecule has 1 atom stereocenters. The second kappa shape index (κ2) is 15.6. The standard InChI is InChI=1S/C40H40N4O6/c1-48-33-15-8-26(9-16-33)10-17-34-39(46)43-35(40(47)42-34)22-28-4-11-29(12-5-28)38(45)41-32-13-6-27(7-14-32)18-20-44-21-19-30-23-36(49-2)37(50-3)24-31(30)25-44/h4-17,22-24,34H,18-21,25H2,1-3H3,(H,41,45)(H,42,47)(H,43,46). The molecule has 256 valence electrons. The average Bonchev–Trinajstić information content (AvgIpc) is 3.15. The van der Waals surface area contributed by atoms with Crippen molar-refractivity contribution in [2.45, 2.75) is 25.4 Å². The van der Waals surface area contributed by atoms with Crippen LogP contribution in [-0.2, 0) is 29.0 Å². The van der Waals surface area contributed by atoms with Crippen molar-refractivity contribution in [3.8, 4) is 17.2 Å². The number of carbonyl (C=O) groups excluding carboxylic acids is 3. The van der Waals surface area contributed by atoms with E-state index < -0.39 is 11.9 Å². The fourth-order valence-electron chi connectivity index (χ4n) is 5.99. The summed E-state index contributed by atoms with van der Waals surface area (Å²) in [7, 11) is 4.92. The number of fused-ring (bicyclic) bond motifs is 1. The Kier molecular flexibility index (Phi) is 10.6. The molecule has 0 radical (unpaired) electrons. The summed E-state index contributed by atoms with van der Waals surface area (Å²) >= 11 is 0. The van der Waals surface area contributed by atoms with Crippen molar-refractivity contribution >= 4 is 35.6 Å². The van der Waals surface area contributed by atoms with Crippen molar-refractivity contribution in [1.82, 2.24) is 15.5 Å². The largest absolute Gasteiger partial charge is 0.497 e. The summed E-state index contributed by atoms with van der Waals surface area (Å²) in [5.41, 5.74) is 6.61. The van der Waals surface area contributed by atoms with E-state index in [0.717, 1.165) is 55.3 Å². The number of anilines is 1. The van der Waals surface area contributed by atoms with Crippen LogP contribution in [0.3, 0.4) is 0 Å². The van der Waals surface area contributed by atoms with Crippen molar-refractivity contribution in [2.24, 2.45) is 0 Å². The Hall–Kier alpha value is -5.87. The third kappa shape index (κ3) is 8.22. The first-order valence-corrected chi connectivity index (χ1v) is 16.4. The highest BCUT2D eigenvalue weighted by Gasteiger charge is 2.28. The molecule has 0 aliphatic carbocycles. The van der Waals surface area contributed by atoms with Crippen LogP contribution in [-0.4, -0.2) is 63.1 Å². The molecule has 0 spiro atoms. The number of carbonyl (C=O) groups is 3. The zero-order valence-corrected chi connectivity index (χ0v) is 28.3. The molecule has 4 aromatic carbocycles. The molecule has 2 heterocycles. The zero-order valence-electron chi connectivity index (χ0n) is 28.3. The van der Waals surface area contributed by atoms with Gasteiger partial charge in [-0.3, -0.25) is 19.3 Å². The minimum absolute atomic E-state index is 0.132. The monoisotopic (exact) mass is 672 g/mol. The molecule has 4 aromatic rings. The van der Waals surface area contributed by atoms with Crippen LogP contribution in [0.4, 0.5) is 5.69 Å². The Balaban J connectivity index is 0.984. The lowest BCUT2D eigenvalue weighted by Gasteiger charge is -2.29. The van der Waals surface area contributed by atoms with E-state index in [0.29, 0.717) is 16.8 Å². The van der Waals surface area contributed by atoms with Gasteiger partial charge in [0.2, 0.25) is 0 Å². The van der Waals surface area contributed by atoms with Crippen LogP contribution >= 0.6 is 0 Å². The molecule has 0 aromatic heterocycles. The number of methoxy groups -OCH3 is 3. The first-order chi connectivity index (χ1) is 24.3. The van der Waals surface area contributed by atoms with Gasteiger partial charge in [-0.05, 0) is 95.3 Å². The fourth-order valence-corrected chi connectivity index (χ4v) is 5.99. The van der Waals surface area contributed by atoms with E-state index in [-0.39, 0.29) is 17.5 Å². The van der Waals surface area contributed by atoms with Crippen LogP contribution in [0, 0.1) is 0 Å². The van der Waals surface area contributed by atoms with Crippen LogP contribution < -0.4 is 30.2 Å². The molecule has 1 fully saturated rings. The molecule has 1 saturated heterocycles. The van der Waals surface area contributed by atoms with E-state index in [1.807, 2.05) is 48.5 Å². The Labute approximate surface area is 291 Å². The SMILES string of the molecule is COc1ccc(C=CC2NC(=O)C(=Cc3ccc(C(=O)Nc4ccc(CCN5CCc6cc(OC)c(OC)cc6C5)cc4)cc3)NC2=O)cc1. The highest BCUT2D eigenvalue weighted by Crippen LogP contribution is 2.33. The summed E-state index contributed by atoms with van der Waals surface area (Å²) in [6.45, 7) is 2.78. The molecule has 2 aliphatic rings. The number of nitrogens with one attached hydrogen (secondary N) is 3. The highest BCUT2D eigenvalue weighted by molar-refractivity contribution is 6.08. The second-order valence-corrected chi connectivity index (χ2v) is 12.2. The normalized spacial score (nSPS) is 16.8. The fraction of sp³-hybridized carbons (Fsp3) is 0.225. The number of amides is 3. The molecular formula is C40H40N4O6. The number of ether oxygens (including phenoxy) is 3. The van der Waals surface area contributed by atoms with Crippen LogP contribution in [0.2, 0.25) is 0 Å². The maximum absolute atomic E-state index is 13.0. The maximum Gasteiger partial charge on any atom is 0.268 e. The van der Waals surface area contributed by atoms with Gasteiger partial charge in [-0.15, -0.1) is 0 Å². The van der Waals surface area contributed by atoms with Crippen molar-refractivity contribution < 1.29 is 28.6 Å². The number of rotatable bonds is 11. The Morgan fingerprint density at radius 1 is 0.860 bits per heavy atom. The van der Waals surface area contributed by atoms with Crippen molar-refractivity contribution in [3.63, 3.8) is 0 Å². The molecule has 50 heavy (non-hydrogen) atoms. The molecule has 2 aliphatic heterocycles. The smallest absolute Gasteiger partial charge is 0.268 e. The number of hydrogen-bond acceptors (Lipinski definition) is 7. The molecular weight excluding hydrogens is 632 g/mol. The molecule has 3 N–H and O–H groups in total. The van der Waals surface area contributed by atoms with E-state index >= 15 is 0 Å². The quantitative estimate of drug-likeness (QED) is 0.187. The summed E-state index contributed by atoms with van der Waals surface area (Å²) < 4.78 is 16.1. The summed E-state index contributed by atoms with van der Waals surface area (Å²) in [4.78, 5) is 40.8. The van der Waals surface area contributed by atoms with E-state index in [4.69, 9.17) is 14.2 Å². The van der Waals surface area contributed by atoms with Gasteiger partial charge in [-0.25, -0.2) is 0 Å². The van der Waals surface area contributed by atoms with Crippen LogP contribution in [0.5, 0.6) is 17.2 Å². The lowest BCUT2D eigenvalue weighted by Crippen LogP contribution is -2.53. The van der Waals surface area contributed by atoms with Gasteiger partial charge in [0, 0.05) is 30.9 Å². The minimum atomic E-state index is -0.801. The Morgan fingerprint density at radius 2 is 1.54 bits per heavy atom. The van der Waals surface area contributed by atoms with Crippen LogP contribution in [0.1, 0.15) is 38.2 Å². The summed E-state index contributed by atoms with van der Waals surface area (Å²) in [5, 5.41) is 8.35. The van der Waals surface area contributed by atoms with Crippen molar-refractivity contribution in [3.05, 3.63) is 130 Å². The Morgan fingerprint density at radius 3 is 2.22 bits per heavy atom. The van der Waals surface area contributed by atoms with E-state index in [1.165, 1.54) is 16.7 Å². The van der Waals surface area contributed by atoms with Gasteiger partial charge >= 0.3 is 0 Å².